The van der Waals surface area contributed by atoms with E-state index in [4.69, 9.17) is 9.47 Å². The van der Waals surface area contributed by atoms with Gasteiger partial charge in [0.05, 0.1) is 17.1 Å². The second-order valence-corrected chi connectivity index (χ2v) is 6.85. The number of fused-ring (bicyclic) bond motifs is 1. The van der Waals surface area contributed by atoms with Crippen LogP contribution in [0.3, 0.4) is 0 Å². The Hall–Kier alpha value is -2.41. The van der Waals surface area contributed by atoms with E-state index in [-0.39, 0.29) is 19.1 Å². The van der Waals surface area contributed by atoms with Crippen LogP contribution in [0, 0.1) is 0 Å². The summed E-state index contributed by atoms with van der Waals surface area (Å²) in [5.41, 5.74) is 1.79. The molecular weight excluding hydrogens is 342 g/mol. The Morgan fingerprint density at radius 3 is 3.00 bits per heavy atom. The molecule has 1 aliphatic rings. The zero-order valence-electron chi connectivity index (χ0n) is 13.6. The van der Waals surface area contributed by atoms with Crippen LogP contribution in [0.2, 0.25) is 0 Å². The van der Waals surface area contributed by atoms with Gasteiger partial charge < -0.3 is 19.4 Å². The highest BCUT2D eigenvalue weighted by Gasteiger charge is 2.21. The number of carboxylic acid groups (broad SMARTS) is 1. The lowest BCUT2D eigenvalue weighted by molar-refractivity contribution is -0.137. The van der Waals surface area contributed by atoms with E-state index < -0.39 is 5.97 Å². The smallest absolute Gasteiger partial charge is 0.303 e. The molecule has 7 heteroatoms. The monoisotopic (exact) mass is 361 g/mol. The molecule has 0 spiro atoms. The Balaban J connectivity index is 1.73. The quantitative estimate of drug-likeness (QED) is 0.545. The molecule has 1 aromatic carbocycles. The molecule has 0 amide bonds. The Bertz CT molecular complexity index is 758. The van der Waals surface area contributed by atoms with Gasteiger partial charge in [0.2, 0.25) is 6.79 Å². The van der Waals surface area contributed by atoms with Crippen LogP contribution in [0.15, 0.2) is 23.6 Å². The number of unbranched alkanes of at least 4 members (excludes halogenated alkanes) is 1. The molecule has 1 unspecified atom stereocenters. The summed E-state index contributed by atoms with van der Waals surface area (Å²) in [7, 11) is 0. The number of aromatic nitrogens is 1. The largest absolute Gasteiger partial charge is 0.481 e. The first kappa shape index (κ1) is 17.4. The summed E-state index contributed by atoms with van der Waals surface area (Å²) in [6.45, 7) is 0.193. The predicted octanol–water partition coefficient (Wildman–Crippen LogP) is 3.19. The Morgan fingerprint density at radius 2 is 2.20 bits per heavy atom. The molecule has 132 valence electrons. The summed E-state index contributed by atoms with van der Waals surface area (Å²) in [6.07, 6.45) is 3.59. The van der Waals surface area contributed by atoms with Gasteiger partial charge in [-0.2, -0.15) is 0 Å². The fourth-order valence-electron chi connectivity index (χ4n) is 2.83. The third-order valence-corrected chi connectivity index (χ3v) is 5.01. The summed E-state index contributed by atoms with van der Waals surface area (Å²) in [5, 5.41) is 12.2. The van der Waals surface area contributed by atoms with Crippen LogP contribution in [0.4, 0.5) is 0 Å². The molecule has 0 saturated carbocycles. The van der Waals surface area contributed by atoms with Gasteiger partial charge in [0.15, 0.2) is 11.5 Å². The highest BCUT2D eigenvalue weighted by molar-refractivity contribution is 7.09. The SMILES string of the molecule is O=CCCCc1nc(CC(CC(=O)O)c2ccc3c(c2)OCO3)cs1. The minimum atomic E-state index is -0.843. The number of nitrogens with zero attached hydrogens (tertiary/aromatic N) is 1. The number of hydrogen-bond donors (Lipinski definition) is 1. The highest BCUT2D eigenvalue weighted by Crippen LogP contribution is 2.36. The molecular formula is C18H19NO5S. The van der Waals surface area contributed by atoms with Gasteiger partial charge in [-0.05, 0) is 37.0 Å². The van der Waals surface area contributed by atoms with Crippen LogP contribution in [-0.2, 0) is 22.4 Å². The van der Waals surface area contributed by atoms with Gasteiger partial charge in [0.1, 0.15) is 6.29 Å². The topological polar surface area (TPSA) is 85.7 Å². The summed E-state index contributed by atoms with van der Waals surface area (Å²) < 4.78 is 10.7. The van der Waals surface area contributed by atoms with E-state index in [0.29, 0.717) is 24.3 Å². The van der Waals surface area contributed by atoms with Crippen molar-refractivity contribution < 1.29 is 24.2 Å². The summed E-state index contributed by atoms with van der Waals surface area (Å²) >= 11 is 1.56. The van der Waals surface area contributed by atoms with Crippen molar-refractivity contribution >= 4 is 23.6 Å². The molecule has 2 aromatic rings. The number of hydrogen-bond acceptors (Lipinski definition) is 6. The van der Waals surface area contributed by atoms with Crippen molar-refractivity contribution in [1.29, 1.82) is 0 Å². The Labute approximate surface area is 149 Å². The third-order valence-electron chi connectivity index (χ3n) is 4.06. The normalized spacial score (nSPS) is 13.6. The van der Waals surface area contributed by atoms with Crippen LogP contribution in [-0.4, -0.2) is 29.1 Å². The van der Waals surface area contributed by atoms with Crippen molar-refractivity contribution in [2.24, 2.45) is 0 Å². The van der Waals surface area contributed by atoms with E-state index in [9.17, 15) is 14.7 Å². The van der Waals surface area contributed by atoms with Crippen molar-refractivity contribution in [2.75, 3.05) is 6.79 Å². The maximum atomic E-state index is 11.3. The minimum Gasteiger partial charge on any atom is -0.481 e. The van der Waals surface area contributed by atoms with Crippen LogP contribution in [0.5, 0.6) is 11.5 Å². The number of rotatable bonds is 9. The van der Waals surface area contributed by atoms with Gasteiger partial charge in [0.25, 0.3) is 0 Å². The second-order valence-electron chi connectivity index (χ2n) is 5.90. The molecule has 0 saturated heterocycles. The van der Waals surface area contributed by atoms with Crippen LogP contribution >= 0.6 is 11.3 Å². The standard InChI is InChI=1S/C18H19NO5S/c20-6-2-1-3-17-19-14(10-25-17)7-13(9-18(21)22)12-4-5-15-16(8-12)24-11-23-15/h4-6,8,10,13H,1-3,7,9,11H2,(H,21,22). The lowest BCUT2D eigenvalue weighted by atomic mass is 9.91. The predicted molar refractivity (Wildman–Crippen MR) is 92.4 cm³/mol. The number of aldehydes is 1. The maximum Gasteiger partial charge on any atom is 0.303 e. The first-order chi connectivity index (χ1) is 12.2. The fourth-order valence-corrected chi connectivity index (χ4v) is 3.69. The van der Waals surface area contributed by atoms with Gasteiger partial charge in [-0.15, -0.1) is 11.3 Å². The van der Waals surface area contributed by atoms with Gasteiger partial charge >= 0.3 is 5.97 Å². The molecule has 1 aliphatic heterocycles. The Kier molecular flexibility index (Phi) is 5.65. The molecule has 0 radical (unpaired) electrons. The minimum absolute atomic E-state index is 0.0254. The zero-order valence-corrected chi connectivity index (χ0v) is 14.5. The van der Waals surface area contributed by atoms with Crippen LogP contribution < -0.4 is 9.47 Å². The van der Waals surface area contributed by atoms with E-state index in [0.717, 1.165) is 35.4 Å². The first-order valence-corrected chi connectivity index (χ1v) is 9.02. The fraction of sp³-hybridized carbons (Fsp3) is 0.389. The molecule has 3 rings (SSSR count). The summed E-state index contributed by atoms with van der Waals surface area (Å²) in [6, 6.07) is 5.56. The molecule has 2 heterocycles. The third kappa shape index (κ3) is 4.57. The molecule has 1 atom stereocenters. The lowest BCUT2D eigenvalue weighted by Crippen LogP contribution is -2.09. The van der Waals surface area contributed by atoms with Crippen molar-refractivity contribution in [1.82, 2.24) is 4.98 Å². The maximum absolute atomic E-state index is 11.3. The van der Waals surface area contributed by atoms with E-state index >= 15 is 0 Å². The van der Waals surface area contributed by atoms with Gasteiger partial charge in [0, 0.05) is 17.7 Å². The molecule has 1 aromatic heterocycles. The van der Waals surface area contributed by atoms with Crippen LogP contribution in [0.1, 0.15) is 41.4 Å². The van der Waals surface area contributed by atoms with E-state index in [1.165, 1.54) is 0 Å². The van der Waals surface area contributed by atoms with Crippen molar-refractivity contribution in [3.8, 4) is 11.5 Å². The average molecular weight is 361 g/mol. The summed E-state index contributed by atoms with van der Waals surface area (Å²) in [4.78, 5) is 26.3. The van der Waals surface area contributed by atoms with E-state index in [2.05, 4.69) is 4.98 Å². The van der Waals surface area contributed by atoms with E-state index in [1.54, 1.807) is 11.3 Å². The average Bonchev–Trinajstić information content (AvgIpc) is 3.22. The van der Waals surface area contributed by atoms with Crippen molar-refractivity contribution in [2.45, 2.75) is 38.0 Å². The van der Waals surface area contributed by atoms with E-state index in [1.807, 2.05) is 23.6 Å². The molecule has 0 aliphatic carbocycles. The number of carbonyl (C=O) groups excluding carboxylic acids is 1. The summed E-state index contributed by atoms with van der Waals surface area (Å²) in [5.74, 6) is 0.311. The van der Waals surface area contributed by atoms with Crippen LogP contribution in [0.25, 0.3) is 0 Å². The lowest BCUT2D eigenvalue weighted by Gasteiger charge is -2.14. The molecule has 6 nitrogen and oxygen atoms in total. The van der Waals surface area contributed by atoms with Crippen molar-refractivity contribution in [3.63, 3.8) is 0 Å². The highest BCUT2D eigenvalue weighted by atomic mass is 32.1. The number of benzene rings is 1. The number of ether oxygens (including phenoxy) is 2. The number of thiazole rings is 1. The molecule has 25 heavy (non-hydrogen) atoms. The first-order valence-electron chi connectivity index (χ1n) is 8.14. The number of aliphatic carboxylic acids is 1. The molecule has 0 bridgehead atoms. The van der Waals surface area contributed by atoms with Gasteiger partial charge in [-0.3, -0.25) is 4.79 Å². The number of aryl methyl sites for hydroxylation is 1. The van der Waals surface area contributed by atoms with Gasteiger partial charge in [-0.25, -0.2) is 4.98 Å². The Morgan fingerprint density at radius 1 is 1.36 bits per heavy atom. The van der Waals surface area contributed by atoms with Gasteiger partial charge in [-0.1, -0.05) is 6.07 Å². The zero-order chi connectivity index (χ0) is 17.6. The van der Waals surface area contributed by atoms with Crippen molar-refractivity contribution in [3.05, 3.63) is 39.8 Å². The number of carbonyl (C=O) groups is 2. The molecule has 1 N–H and O–H groups in total. The second kappa shape index (κ2) is 8.11. The number of carboxylic acids is 1. The molecule has 0 fully saturated rings.